The molecule has 0 fully saturated rings. The minimum absolute atomic E-state index is 0.103. The highest BCUT2D eigenvalue weighted by molar-refractivity contribution is 5.79. The number of rotatable bonds is 6. The predicted octanol–water partition coefficient (Wildman–Crippen LogP) is 6.44. The Morgan fingerprint density at radius 1 is 1.10 bits per heavy atom. The van der Waals surface area contributed by atoms with Gasteiger partial charge in [0.2, 0.25) is 0 Å². The maximum atomic E-state index is 6.18. The standard InChI is InChI=1S/C28H33NO2/c1-19-13-20(2)28-25(18-31-22(4)15-21(3)30-5)17-29-16-24(23-9-7-6-8-10-23)11-12-27(29)26(28)14-19/h6-14,16,18,21-22,27H,15,17H2,1-5H3/b25-18-. The zero-order chi connectivity index (χ0) is 22.0. The molecule has 0 radical (unpaired) electrons. The van der Waals surface area contributed by atoms with Crippen molar-refractivity contribution in [1.82, 2.24) is 4.90 Å². The van der Waals surface area contributed by atoms with Crippen LogP contribution in [0.25, 0.3) is 11.1 Å². The third-order valence-electron chi connectivity index (χ3n) is 6.24. The Morgan fingerprint density at radius 2 is 1.87 bits per heavy atom. The Balaban J connectivity index is 1.68. The monoisotopic (exact) mass is 415 g/mol. The first kappa shape index (κ1) is 21.5. The number of hydrogen-bond acceptors (Lipinski definition) is 3. The molecule has 0 aromatic heterocycles. The summed E-state index contributed by atoms with van der Waals surface area (Å²) in [6, 6.07) is 15.4. The van der Waals surface area contributed by atoms with Crippen molar-refractivity contribution in [1.29, 1.82) is 0 Å². The number of fused-ring (bicyclic) bond motifs is 3. The van der Waals surface area contributed by atoms with Gasteiger partial charge in [-0.15, -0.1) is 0 Å². The molecule has 0 saturated carbocycles. The minimum atomic E-state index is 0.103. The Kier molecular flexibility index (Phi) is 6.33. The van der Waals surface area contributed by atoms with Crippen molar-refractivity contribution >= 4 is 11.1 Å². The van der Waals surface area contributed by atoms with Gasteiger partial charge < -0.3 is 14.4 Å². The lowest BCUT2D eigenvalue weighted by Gasteiger charge is -2.39. The topological polar surface area (TPSA) is 21.7 Å². The van der Waals surface area contributed by atoms with Crippen LogP contribution in [0.15, 0.2) is 67.1 Å². The highest BCUT2D eigenvalue weighted by Gasteiger charge is 2.30. The van der Waals surface area contributed by atoms with E-state index < -0.39 is 0 Å². The number of allylic oxidation sites excluding steroid dienone is 2. The average molecular weight is 416 g/mol. The van der Waals surface area contributed by atoms with Crippen LogP contribution in [0.5, 0.6) is 0 Å². The Bertz CT molecular complexity index is 1020. The van der Waals surface area contributed by atoms with Crippen molar-refractivity contribution in [2.24, 2.45) is 0 Å². The number of aryl methyl sites for hydroxylation is 2. The molecule has 4 rings (SSSR count). The SMILES string of the molecule is COC(C)CC(C)O/C=C1/CN2C=C(c3ccccc3)C=CC2c2cc(C)cc(C)c21. The first-order chi connectivity index (χ1) is 15.0. The molecule has 0 N–H and O–H groups in total. The number of hydrogen-bond donors (Lipinski definition) is 0. The summed E-state index contributed by atoms with van der Waals surface area (Å²) in [6.07, 6.45) is 10.0. The summed E-state index contributed by atoms with van der Waals surface area (Å²) in [7, 11) is 1.75. The van der Waals surface area contributed by atoms with Crippen LogP contribution >= 0.6 is 0 Å². The second kappa shape index (κ2) is 9.15. The zero-order valence-corrected chi connectivity index (χ0v) is 19.3. The summed E-state index contributed by atoms with van der Waals surface area (Å²) in [4.78, 5) is 2.43. The molecule has 162 valence electrons. The molecule has 3 nitrogen and oxygen atoms in total. The van der Waals surface area contributed by atoms with E-state index in [1.165, 1.54) is 39.0 Å². The fourth-order valence-corrected chi connectivity index (χ4v) is 4.70. The van der Waals surface area contributed by atoms with Gasteiger partial charge >= 0.3 is 0 Å². The van der Waals surface area contributed by atoms with E-state index >= 15 is 0 Å². The van der Waals surface area contributed by atoms with Crippen LogP contribution in [-0.2, 0) is 9.47 Å². The van der Waals surface area contributed by atoms with Crippen LogP contribution in [0.4, 0.5) is 0 Å². The van der Waals surface area contributed by atoms with Crippen LogP contribution in [0.1, 0.15) is 54.1 Å². The Hall–Kier alpha value is -2.78. The van der Waals surface area contributed by atoms with Crippen LogP contribution < -0.4 is 0 Å². The molecule has 3 atom stereocenters. The van der Waals surface area contributed by atoms with Gasteiger partial charge in [-0.3, -0.25) is 0 Å². The van der Waals surface area contributed by atoms with Gasteiger partial charge in [0.25, 0.3) is 0 Å². The third-order valence-corrected chi connectivity index (χ3v) is 6.24. The fraction of sp³-hybridized carbons (Fsp3) is 0.357. The summed E-state index contributed by atoms with van der Waals surface area (Å²) >= 11 is 0. The second-order valence-corrected chi connectivity index (χ2v) is 8.84. The smallest absolute Gasteiger partial charge is 0.0975 e. The maximum Gasteiger partial charge on any atom is 0.0975 e. The number of methoxy groups -OCH3 is 1. The molecule has 2 aliphatic rings. The van der Waals surface area contributed by atoms with E-state index in [0.29, 0.717) is 0 Å². The van der Waals surface area contributed by atoms with Gasteiger partial charge in [-0.25, -0.2) is 0 Å². The van der Waals surface area contributed by atoms with Gasteiger partial charge in [-0.05, 0) is 55.5 Å². The van der Waals surface area contributed by atoms with Gasteiger partial charge in [-0.1, -0.05) is 60.2 Å². The van der Waals surface area contributed by atoms with E-state index in [0.717, 1.165) is 13.0 Å². The molecule has 0 aliphatic carbocycles. The van der Waals surface area contributed by atoms with Gasteiger partial charge in [0, 0.05) is 31.8 Å². The molecule has 0 saturated heterocycles. The van der Waals surface area contributed by atoms with E-state index in [1.807, 2.05) is 6.26 Å². The van der Waals surface area contributed by atoms with Crippen molar-refractivity contribution in [3.8, 4) is 0 Å². The summed E-state index contributed by atoms with van der Waals surface area (Å²) < 4.78 is 11.6. The molecular weight excluding hydrogens is 382 g/mol. The van der Waals surface area contributed by atoms with Crippen molar-refractivity contribution in [3.63, 3.8) is 0 Å². The number of ether oxygens (including phenoxy) is 2. The predicted molar refractivity (Wildman–Crippen MR) is 129 cm³/mol. The summed E-state index contributed by atoms with van der Waals surface area (Å²) in [6.45, 7) is 9.41. The average Bonchev–Trinajstić information content (AvgIpc) is 2.77. The molecule has 3 unspecified atom stereocenters. The van der Waals surface area contributed by atoms with E-state index in [1.54, 1.807) is 7.11 Å². The molecule has 2 aliphatic heterocycles. The highest BCUT2D eigenvalue weighted by Crippen LogP contribution is 2.42. The molecule has 31 heavy (non-hydrogen) atoms. The van der Waals surface area contributed by atoms with Crippen molar-refractivity contribution in [3.05, 3.63) is 94.9 Å². The molecule has 2 heterocycles. The normalized spacial score (nSPS) is 20.7. The maximum absolute atomic E-state index is 6.18. The first-order valence-electron chi connectivity index (χ1n) is 11.2. The summed E-state index contributed by atoms with van der Waals surface area (Å²) in [5.41, 5.74) is 9.02. The molecule has 0 spiro atoms. The van der Waals surface area contributed by atoms with Crippen molar-refractivity contribution in [2.75, 3.05) is 13.7 Å². The van der Waals surface area contributed by atoms with Crippen LogP contribution in [0.3, 0.4) is 0 Å². The van der Waals surface area contributed by atoms with Gasteiger partial charge in [0.1, 0.15) is 0 Å². The van der Waals surface area contributed by atoms with Crippen LogP contribution in [-0.4, -0.2) is 30.8 Å². The van der Waals surface area contributed by atoms with Gasteiger partial charge in [-0.2, -0.15) is 0 Å². The van der Waals surface area contributed by atoms with Gasteiger partial charge in [0.05, 0.1) is 24.5 Å². The van der Waals surface area contributed by atoms with Gasteiger partial charge in [0.15, 0.2) is 0 Å². The molecule has 2 aromatic carbocycles. The van der Waals surface area contributed by atoms with E-state index in [4.69, 9.17) is 9.47 Å². The van der Waals surface area contributed by atoms with E-state index in [2.05, 4.69) is 93.4 Å². The summed E-state index contributed by atoms with van der Waals surface area (Å²) in [5, 5.41) is 0. The molecule has 0 bridgehead atoms. The second-order valence-electron chi connectivity index (χ2n) is 8.84. The van der Waals surface area contributed by atoms with Crippen molar-refractivity contribution < 1.29 is 9.47 Å². The zero-order valence-electron chi connectivity index (χ0n) is 19.3. The van der Waals surface area contributed by atoms with Crippen LogP contribution in [0.2, 0.25) is 0 Å². The highest BCUT2D eigenvalue weighted by atomic mass is 16.5. The lowest BCUT2D eigenvalue weighted by Crippen LogP contribution is -2.32. The fourth-order valence-electron chi connectivity index (χ4n) is 4.70. The van der Waals surface area contributed by atoms with Crippen molar-refractivity contribution in [2.45, 2.75) is 52.4 Å². The minimum Gasteiger partial charge on any atom is -0.498 e. The first-order valence-corrected chi connectivity index (χ1v) is 11.2. The molecule has 3 heteroatoms. The summed E-state index contributed by atoms with van der Waals surface area (Å²) in [5.74, 6) is 0. The lowest BCUT2D eigenvalue weighted by atomic mass is 9.84. The molecule has 0 amide bonds. The third kappa shape index (κ3) is 4.62. The van der Waals surface area contributed by atoms with Crippen LogP contribution in [0, 0.1) is 13.8 Å². The largest absolute Gasteiger partial charge is 0.498 e. The Labute approximate surface area is 186 Å². The molecular formula is C28H33NO2. The van der Waals surface area contributed by atoms with E-state index in [9.17, 15) is 0 Å². The Morgan fingerprint density at radius 3 is 2.61 bits per heavy atom. The quantitative estimate of drug-likeness (QED) is 0.507. The number of benzene rings is 2. The van der Waals surface area contributed by atoms with E-state index in [-0.39, 0.29) is 18.2 Å². The molecule has 2 aromatic rings. The lowest BCUT2D eigenvalue weighted by molar-refractivity contribution is 0.0557. The number of nitrogens with zero attached hydrogens (tertiary/aromatic N) is 1.